The van der Waals surface area contributed by atoms with E-state index in [1.807, 2.05) is 20.8 Å². The van der Waals surface area contributed by atoms with Crippen LogP contribution in [-0.4, -0.2) is 54.0 Å². The van der Waals surface area contributed by atoms with E-state index in [-0.39, 0.29) is 54.2 Å². The standard InChI is InChI=1S/C26H31Cl2N3O5S/c1-4-17(3)29-25(33)22(5-2)30(16-18-12-13-20(27)21(28)15-18)24(32)11-8-14-31-26(34)19-9-6-7-10-23(19)37(31,35)36/h6-7,9-10,12-13,15,17,22H,4-5,8,11,14,16H2,1-3H3,(H,29,33)/t17-,22+/m0/s1. The van der Waals surface area contributed by atoms with Crippen LogP contribution >= 0.6 is 23.2 Å². The van der Waals surface area contributed by atoms with Crippen LogP contribution in [0.4, 0.5) is 0 Å². The van der Waals surface area contributed by atoms with Crippen molar-refractivity contribution in [3.63, 3.8) is 0 Å². The van der Waals surface area contributed by atoms with Gasteiger partial charge in [0.25, 0.3) is 15.9 Å². The van der Waals surface area contributed by atoms with Crippen molar-refractivity contribution >= 4 is 50.9 Å². The Hall–Kier alpha value is -2.62. The van der Waals surface area contributed by atoms with Crippen LogP contribution in [0.3, 0.4) is 0 Å². The number of halogens is 2. The number of amides is 3. The van der Waals surface area contributed by atoms with E-state index in [1.54, 1.807) is 30.3 Å². The summed E-state index contributed by atoms with van der Waals surface area (Å²) >= 11 is 12.2. The predicted molar refractivity (Wildman–Crippen MR) is 143 cm³/mol. The molecule has 0 aromatic heterocycles. The third kappa shape index (κ3) is 6.45. The van der Waals surface area contributed by atoms with Gasteiger partial charge in [-0.25, -0.2) is 12.7 Å². The second-order valence-corrected chi connectivity index (χ2v) is 11.6. The van der Waals surface area contributed by atoms with Crippen molar-refractivity contribution in [2.24, 2.45) is 0 Å². The number of nitrogens with zero attached hydrogens (tertiary/aromatic N) is 2. The maximum Gasteiger partial charge on any atom is 0.269 e. The van der Waals surface area contributed by atoms with Crippen molar-refractivity contribution in [3.05, 3.63) is 63.6 Å². The molecule has 3 amide bonds. The molecule has 0 spiro atoms. The smallest absolute Gasteiger partial charge is 0.269 e. The number of hydrogen-bond acceptors (Lipinski definition) is 5. The topological polar surface area (TPSA) is 104 Å². The minimum atomic E-state index is -3.95. The Labute approximate surface area is 228 Å². The highest BCUT2D eigenvalue weighted by Gasteiger charge is 2.40. The van der Waals surface area contributed by atoms with Crippen LogP contribution in [0.2, 0.25) is 10.0 Å². The first kappa shape index (κ1) is 28.9. The first-order valence-electron chi connectivity index (χ1n) is 12.2. The Kier molecular flexibility index (Phi) is 9.61. The molecule has 2 aromatic carbocycles. The first-order chi connectivity index (χ1) is 17.5. The molecule has 3 rings (SSSR count). The van der Waals surface area contributed by atoms with E-state index in [0.717, 1.165) is 10.7 Å². The molecule has 0 saturated carbocycles. The lowest BCUT2D eigenvalue weighted by Crippen LogP contribution is -2.50. The molecular weight excluding hydrogens is 537 g/mol. The summed E-state index contributed by atoms with van der Waals surface area (Å²) < 4.78 is 26.4. The van der Waals surface area contributed by atoms with Gasteiger partial charge in [-0.05, 0) is 56.0 Å². The van der Waals surface area contributed by atoms with Crippen LogP contribution in [0, 0.1) is 0 Å². The van der Waals surface area contributed by atoms with Crippen LogP contribution in [-0.2, 0) is 26.2 Å². The normalized spacial score (nSPS) is 15.7. The molecule has 0 bridgehead atoms. The number of nitrogens with one attached hydrogen (secondary N) is 1. The van der Waals surface area contributed by atoms with Gasteiger partial charge in [-0.2, -0.15) is 0 Å². The number of sulfonamides is 1. The van der Waals surface area contributed by atoms with Crippen LogP contribution in [0.25, 0.3) is 0 Å². The van der Waals surface area contributed by atoms with Crippen LogP contribution in [0.1, 0.15) is 62.4 Å². The molecule has 0 unspecified atom stereocenters. The predicted octanol–water partition coefficient (Wildman–Crippen LogP) is 4.64. The zero-order chi connectivity index (χ0) is 27.3. The second-order valence-electron chi connectivity index (χ2n) is 8.99. The second kappa shape index (κ2) is 12.3. The largest absolute Gasteiger partial charge is 0.352 e. The van der Waals surface area contributed by atoms with E-state index in [9.17, 15) is 22.8 Å². The van der Waals surface area contributed by atoms with Gasteiger partial charge in [-0.3, -0.25) is 14.4 Å². The molecule has 8 nitrogen and oxygen atoms in total. The summed E-state index contributed by atoms with van der Waals surface area (Å²) in [4.78, 5) is 40.6. The fourth-order valence-electron chi connectivity index (χ4n) is 4.16. The number of carbonyl (C=O) groups excluding carboxylic acids is 3. The van der Waals surface area contributed by atoms with Crippen molar-refractivity contribution in [2.75, 3.05) is 6.54 Å². The lowest BCUT2D eigenvalue weighted by Gasteiger charge is -2.31. The first-order valence-corrected chi connectivity index (χ1v) is 14.4. The van der Waals surface area contributed by atoms with Gasteiger partial charge in [0.1, 0.15) is 10.9 Å². The third-order valence-electron chi connectivity index (χ3n) is 6.39. The summed E-state index contributed by atoms with van der Waals surface area (Å²) in [5, 5.41) is 3.65. The van der Waals surface area contributed by atoms with Gasteiger partial charge in [-0.15, -0.1) is 0 Å². The van der Waals surface area contributed by atoms with Crippen molar-refractivity contribution in [1.82, 2.24) is 14.5 Å². The summed E-state index contributed by atoms with van der Waals surface area (Å²) in [7, 11) is -3.95. The molecule has 11 heteroatoms. The Morgan fingerprint density at radius 3 is 2.38 bits per heavy atom. The van der Waals surface area contributed by atoms with Gasteiger partial charge in [0.05, 0.1) is 15.6 Å². The van der Waals surface area contributed by atoms with E-state index >= 15 is 0 Å². The van der Waals surface area contributed by atoms with Gasteiger partial charge in [-0.1, -0.05) is 55.2 Å². The minimum absolute atomic E-state index is 0.0275. The quantitative estimate of drug-likeness (QED) is 0.426. The maximum atomic E-state index is 13.4. The molecule has 0 fully saturated rings. The highest BCUT2D eigenvalue weighted by atomic mass is 35.5. The summed E-state index contributed by atoms with van der Waals surface area (Å²) in [6.07, 6.45) is 1.18. The van der Waals surface area contributed by atoms with Gasteiger partial charge >= 0.3 is 0 Å². The molecule has 0 aliphatic carbocycles. The number of hydrogen-bond donors (Lipinski definition) is 1. The molecular formula is C26H31Cl2N3O5S. The van der Waals surface area contributed by atoms with Crippen LogP contribution in [0.5, 0.6) is 0 Å². The lowest BCUT2D eigenvalue weighted by molar-refractivity contribution is -0.141. The molecule has 2 atom stereocenters. The van der Waals surface area contributed by atoms with Crippen molar-refractivity contribution in [1.29, 1.82) is 0 Å². The van der Waals surface area contributed by atoms with Crippen molar-refractivity contribution in [2.45, 2.75) is 70.0 Å². The third-order valence-corrected chi connectivity index (χ3v) is 8.97. The maximum absolute atomic E-state index is 13.4. The summed E-state index contributed by atoms with van der Waals surface area (Å²) in [6, 6.07) is 10.3. The number of fused-ring (bicyclic) bond motifs is 1. The molecule has 0 radical (unpaired) electrons. The summed E-state index contributed by atoms with van der Waals surface area (Å²) in [6.45, 7) is 5.65. The monoisotopic (exact) mass is 567 g/mol. The van der Waals surface area contributed by atoms with E-state index in [1.165, 1.54) is 17.0 Å². The van der Waals surface area contributed by atoms with Gasteiger partial charge in [0.2, 0.25) is 11.8 Å². The molecule has 200 valence electrons. The zero-order valence-electron chi connectivity index (χ0n) is 21.0. The number of carbonyl (C=O) groups is 3. The SMILES string of the molecule is CC[C@H](C(=O)N[C@@H](C)CC)N(Cc1ccc(Cl)c(Cl)c1)C(=O)CCCN1C(=O)c2ccccc2S1(=O)=O. The van der Waals surface area contributed by atoms with Crippen molar-refractivity contribution in [3.8, 4) is 0 Å². The molecule has 2 aromatic rings. The fraction of sp³-hybridized carbons (Fsp3) is 0.423. The van der Waals surface area contributed by atoms with Crippen LogP contribution < -0.4 is 5.32 Å². The highest BCUT2D eigenvalue weighted by Crippen LogP contribution is 2.30. The molecule has 1 aliphatic rings. The van der Waals surface area contributed by atoms with E-state index in [4.69, 9.17) is 23.2 Å². The number of benzene rings is 2. The van der Waals surface area contributed by atoms with Crippen molar-refractivity contribution < 1.29 is 22.8 Å². The molecule has 1 N–H and O–H groups in total. The molecule has 37 heavy (non-hydrogen) atoms. The van der Waals surface area contributed by atoms with E-state index < -0.39 is 22.0 Å². The average Bonchev–Trinajstić information content (AvgIpc) is 3.06. The molecule has 1 heterocycles. The summed E-state index contributed by atoms with van der Waals surface area (Å²) in [5.41, 5.74) is 0.827. The van der Waals surface area contributed by atoms with Gasteiger partial charge in [0.15, 0.2) is 0 Å². The summed E-state index contributed by atoms with van der Waals surface area (Å²) in [5.74, 6) is -1.20. The number of rotatable bonds is 11. The Balaban J connectivity index is 1.77. The van der Waals surface area contributed by atoms with Crippen LogP contribution in [0.15, 0.2) is 47.4 Å². The zero-order valence-corrected chi connectivity index (χ0v) is 23.4. The average molecular weight is 569 g/mol. The fourth-order valence-corrected chi connectivity index (χ4v) is 6.09. The van der Waals surface area contributed by atoms with Gasteiger partial charge < -0.3 is 10.2 Å². The Bertz CT molecular complexity index is 1280. The van der Waals surface area contributed by atoms with E-state index in [0.29, 0.717) is 22.0 Å². The Morgan fingerprint density at radius 1 is 1.05 bits per heavy atom. The molecule has 0 saturated heterocycles. The highest BCUT2D eigenvalue weighted by molar-refractivity contribution is 7.90. The van der Waals surface area contributed by atoms with E-state index in [2.05, 4.69) is 5.32 Å². The Morgan fingerprint density at radius 2 is 1.76 bits per heavy atom. The minimum Gasteiger partial charge on any atom is -0.352 e. The van der Waals surface area contributed by atoms with Gasteiger partial charge in [0, 0.05) is 25.6 Å². The lowest BCUT2D eigenvalue weighted by atomic mass is 10.1. The molecule has 1 aliphatic heterocycles.